The summed E-state index contributed by atoms with van der Waals surface area (Å²) in [4.78, 5) is 20.7. The number of hydrogen-bond donors (Lipinski definition) is 2. The number of thioether (sulfide) groups is 1. The first-order chi connectivity index (χ1) is 8.62. The second-order valence-electron chi connectivity index (χ2n) is 3.59. The Bertz CT molecular complexity index is 434. The van der Waals surface area contributed by atoms with Crippen LogP contribution >= 0.6 is 35.0 Å². The molecule has 0 radical (unpaired) electrons. The van der Waals surface area contributed by atoms with Gasteiger partial charge in [0.2, 0.25) is 0 Å². The van der Waals surface area contributed by atoms with Crippen molar-refractivity contribution in [1.82, 2.24) is 14.9 Å². The van der Waals surface area contributed by atoms with Gasteiger partial charge in [-0.05, 0) is 6.26 Å². The highest BCUT2D eigenvalue weighted by molar-refractivity contribution is 7.98. The zero-order valence-electron chi connectivity index (χ0n) is 10.1. The van der Waals surface area contributed by atoms with Crippen molar-refractivity contribution in [2.75, 3.05) is 36.8 Å². The predicted molar refractivity (Wildman–Crippen MR) is 77.8 cm³/mol. The number of aromatic nitrogens is 2. The molecule has 1 aromatic rings. The standard InChI is InChI=1S/C10H16Cl2N4OS/c1-18-10-14-8(13)7(9(17)15-10)6-16(4-2-11)5-3-12/h2-6H2,1H3,(H3,13,14,15,17). The molecule has 1 rings (SSSR count). The summed E-state index contributed by atoms with van der Waals surface area (Å²) >= 11 is 12.8. The molecule has 0 bridgehead atoms. The monoisotopic (exact) mass is 310 g/mol. The van der Waals surface area contributed by atoms with Gasteiger partial charge in [-0.1, -0.05) is 11.8 Å². The van der Waals surface area contributed by atoms with Gasteiger partial charge in [0.05, 0.1) is 5.56 Å². The fourth-order valence-corrected chi connectivity index (χ4v) is 2.34. The highest BCUT2D eigenvalue weighted by Crippen LogP contribution is 2.12. The van der Waals surface area contributed by atoms with Gasteiger partial charge in [-0.15, -0.1) is 23.2 Å². The lowest BCUT2D eigenvalue weighted by molar-refractivity contribution is 0.298. The molecule has 18 heavy (non-hydrogen) atoms. The van der Waals surface area contributed by atoms with E-state index in [2.05, 4.69) is 9.97 Å². The van der Waals surface area contributed by atoms with Gasteiger partial charge in [-0.25, -0.2) is 4.98 Å². The normalized spacial score (nSPS) is 11.1. The maximum Gasteiger partial charge on any atom is 0.258 e. The summed E-state index contributed by atoms with van der Waals surface area (Å²) in [6, 6.07) is 0. The highest BCUT2D eigenvalue weighted by Gasteiger charge is 2.13. The van der Waals surface area contributed by atoms with Crippen LogP contribution in [0.25, 0.3) is 0 Å². The van der Waals surface area contributed by atoms with Crippen molar-refractivity contribution in [3.63, 3.8) is 0 Å². The molecule has 0 aliphatic carbocycles. The third-order valence-electron chi connectivity index (χ3n) is 2.40. The van der Waals surface area contributed by atoms with Crippen LogP contribution in [0, 0.1) is 0 Å². The van der Waals surface area contributed by atoms with Crippen molar-refractivity contribution in [2.24, 2.45) is 0 Å². The minimum absolute atomic E-state index is 0.207. The number of aromatic amines is 1. The fourth-order valence-electron chi connectivity index (χ4n) is 1.48. The first kappa shape index (κ1) is 15.6. The van der Waals surface area contributed by atoms with Crippen molar-refractivity contribution in [3.8, 4) is 0 Å². The van der Waals surface area contributed by atoms with Crippen LogP contribution in [0.2, 0.25) is 0 Å². The van der Waals surface area contributed by atoms with Crippen LogP contribution in [0.1, 0.15) is 5.56 Å². The first-order valence-electron chi connectivity index (χ1n) is 5.39. The number of alkyl halides is 2. The molecule has 102 valence electrons. The average molecular weight is 311 g/mol. The Morgan fingerprint density at radius 2 is 2.00 bits per heavy atom. The molecule has 0 saturated heterocycles. The summed E-state index contributed by atoms with van der Waals surface area (Å²) in [7, 11) is 0. The zero-order valence-corrected chi connectivity index (χ0v) is 12.4. The summed E-state index contributed by atoms with van der Waals surface area (Å²) < 4.78 is 0. The van der Waals surface area contributed by atoms with E-state index in [0.717, 1.165) is 0 Å². The molecular weight excluding hydrogens is 295 g/mol. The molecule has 0 spiro atoms. The largest absolute Gasteiger partial charge is 0.383 e. The number of halogens is 2. The molecule has 0 aliphatic rings. The number of nitrogens with one attached hydrogen (secondary N) is 1. The number of H-pyrrole nitrogens is 1. The quantitative estimate of drug-likeness (QED) is 0.452. The zero-order chi connectivity index (χ0) is 13.5. The van der Waals surface area contributed by atoms with Gasteiger partial charge in [-0.3, -0.25) is 9.69 Å². The molecule has 0 atom stereocenters. The van der Waals surface area contributed by atoms with Crippen LogP contribution in [0.4, 0.5) is 5.82 Å². The third-order valence-corrected chi connectivity index (χ3v) is 3.32. The van der Waals surface area contributed by atoms with Gasteiger partial charge < -0.3 is 10.7 Å². The lowest BCUT2D eigenvalue weighted by atomic mass is 10.2. The van der Waals surface area contributed by atoms with E-state index in [4.69, 9.17) is 28.9 Å². The fraction of sp³-hybridized carbons (Fsp3) is 0.600. The van der Waals surface area contributed by atoms with E-state index in [1.165, 1.54) is 11.8 Å². The molecule has 0 aromatic carbocycles. The van der Waals surface area contributed by atoms with Crippen LogP contribution in [-0.2, 0) is 6.54 Å². The Labute approximate surface area is 120 Å². The second kappa shape index (κ2) is 7.89. The van der Waals surface area contributed by atoms with Crippen LogP contribution in [0.5, 0.6) is 0 Å². The number of rotatable bonds is 7. The molecule has 0 amide bonds. The highest BCUT2D eigenvalue weighted by atomic mass is 35.5. The molecule has 5 nitrogen and oxygen atoms in total. The summed E-state index contributed by atoms with van der Waals surface area (Å²) in [5, 5.41) is 0.516. The molecule has 0 aliphatic heterocycles. The smallest absolute Gasteiger partial charge is 0.258 e. The predicted octanol–water partition coefficient (Wildman–Crippen LogP) is 1.35. The molecule has 1 heterocycles. The number of nitrogens with zero attached hydrogens (tertiary/aromatic N) is 2. The van der Waals surface area contributed by atoms with Crippen molar-refractivity contribution in [3.05, 3.63) is 15.9 Å². The van der Waals surface area contributed by atoms with Crippen LogP contribution in [0.3, 0.4) is 0 Å². The summed E-state index contributed by atoms with van der Waals surface area (Å²) in [6.07, 6.45) is 1.82. The Morgan fingerprint density at radius 1 is 1.39 bits per heavy atom. The Kier molecular flexibility index (Phi) is 6.85. The number of anilines is 1. The van der Waals surface area contributed by atoms with Crippen molar-refractivity contribution < 1.29 is 0 Å². The maximum atomic E-state index is 11.9. The van der Waals surface area contributed by atoms with Gasteiger partial charge in [0.15, 0.2) is 5.16 Å². The number of hydrogen-bond acceptors (Lipinski definition) is 5. The Morgan fingerprint density at radius 3 is 2.44 bits per heavy atom. The van der Waals surface area contributed by atoms with Crippen LogP contribution in [0.15, 0.2) is 9.95 Å². The molecule has 1 aromatic heterocycles. The van der Waals surface area contributed by atoms with Gasteiger partial charge in [-0.2, -0.15) is 0 Å². The Hall–Kier alpha value is -0.430. The lowest BCUT2D eigenvalue weighted by Gasteiger charge is -2.20. The first-order valence-corrected chi connectivity index (χ1v) is 7.68. The van der Waals surface area contributed by atoms with Crippen LogP contribution < -0.4 is 11.3 Å². The van der Waals surface area contributed by atoms with Gasteiger partial charge in [0.25, 0.3) is 5.56 Å². The number of nitrogens with two attached hydrogens (primary N) is 1. The molecule has 8 heteroatoms. The van der Waals surface area contributed by atoms with Crippen molar-refractivity contribution in [1.29, 1.82) is 0 Å². The molecule has 0 unspecified atom stereocenters. The van der Waals surface area contributed by atoms with Gasteiger partial charge >= 0.3 is 0 Å². The lowest BCUT2D eigenvalue weighted by Crippen LogP contribution is -2.31. The van der Waals surface area contributed by atoms with Crippen LogP contribution in [-0.4, -0.2) is 46.0 Å². The van der Waals surface area contributed by atoms with E-state index in [1.54, 1.807) is 0 Å². The summed E-state index contributed by atoms with van der Waals surface area (Å²) in [5.41, 5.74) is 6.06. The van der Waals surface area contributed by atoms with Crippen molar-refractivity contribution >= 4 is 40.8 Å². The van der Waals surface area contributed by atoms with E-state index < -0.39 is 0 Å². The minimum atomic E-state index is -0.207. The summed E-state index contributed by atoms with van der Waals surface area (Å²) in [5.74, 6) is 1.22. The van der Waals surface area contributed by atoms with Gasteiger partial charge in [0.1, 0.15) is 5.82 Å². The average Bonchev–Trinajstić information content (AvgIpc) is 2.33. The van der Waals surface area contributed by atoms with E-state index in [-0.39, 0.29) is 11.4 Å². The maximum absolute atomic E-state index is 11.9. The second-order valence-corrected chi connectivity index (χ2v) is 5.14. The molecule has 3 N–H and O–H groups in total. The topological polar surface area (TPSA) is 75.0 Å². The van der Waals surface area contributed by atoms with E-state index in [9.17, 15) is 4.79 Å². The van der Waals surface area contributed by atoms with Crippen molar-refractivity contribution in [2.45, 2.75) is 11.7 Å². The molecular formula is C10H16Cl2N4OS. The minimum Gasteiger partial charge on any atom is -0.383 e. The third kappa shape index (κ3) is 4.35. The van der Waals surface area contributed by atoms with E-state index in [1.807, 2.05) is 11.2 Å². The molecule has 0 saturated carbocycles. The molecule has 0 fully saturated rings. The van der Waals surface area contributed by atoms with E-state index in [0.29, 0.717) is 42.1 Å². The van der Waals surface area contributed by atoms with Gasteiger partial charge in [0, 0.05) is 31.4 Å². The Balaban J connectivity index is 2.91. The SMILES string of the molecule is CSc1nc(N)c(CN(CCCl)CCCl)c(=O)[nH]1. The van der Waals surface area contributed by atoms with E-state index >= 15 is 0 Å². The summed E-state index contributed by atoms with van der Waals surface area (Å²) in [6.45, 7) is 1.71. The number of nitrogen functional groups attached to an aromatic ring is 1.